The summed E-state index contributed by atoms with van der Waals surface area (Å²) in [7, 11) is 0. The minimum Gasteiger partial charge on any atom is -0.349 e. The van der Waals surface area contributed by atoms with E-state index >= 15 is 0 Å². The van der Waals surface area contributed by atoms with Gasteiger partial charge in [0.25, 0.3) is 0 Å². The molecule has 1 aliphatic rings. The van der Waals surface area contributed by atoms with Gasteiger partial charge in [-0.1, -0.05) is 24.3 Å². The number of rotatable bonds is 2. The van der Waals surface area contributed by atoms with Crippen molar-refractivity contribution in [2.75, 3.05) is 13.1 Å². The van der Waals surface area contributed by atoms with E-state index < -0.39 is 0 Å². The number of hydrogen-bond acceptors (Lipinski definition) is 2. The number of carbonyl (C=O) groups excluding carboxylic acids is 1. The summed E-state index contributed by atoms with van der Waals surface area (Å²) in [5, 5.41) is 3.43. The number of hydrogen-bond donors (Lipinski definition) is 1. The minimum absolute atomic E-state index is 0.0233. The second-order valence-electron chi connectivity index (χ2n) is 5.00. The van der Waals surface area contributed by atoms with Gasteiger partial charge in [0.05, 0.1) is 6.42 Å². The minimum atomic E-state index is -0.0233. The van der Waals surface area contributed by atoms with E-state index in [-0.39, 0.29) is 5.91 Å². The highest BCUT2D eigenvalue weighted by molar-refractivity contribution is 7.80. The summed E-state index contributed by atoms with van der Waals surface area (Å²) in [4.78, 5) is 14.1. The van der Waals surface area contributed by atoms with Crippen LogP contribution in [0.3, 0.4) is 0 Å². The van der Waals surface area contributed by atoms with Crippen molar-refractivity contribution in [2.45, 2.75) is 32.6 Å². The van der Waals surface area contributed by atoms with Gasteiger partial charge >= 0.3 is 0 Å². The van der Waals surface area contributed by atoms with Crippen molar-refractivity contribution in [3.8, 4) is 0 Å². The highest BCUT2D eigenvalue weighted by atomic mass is 32.1. The van der Waals surface area contributed by atoms with E-state index in [4.69, 9.17) is 12.2 Å². The Morgan fingerprint density at radius 2 is 1.95 bits per heavy atom. The Hall–Kier alpha value is -1.42. The number of benzene rings is 1. The topological polar surface area (TPSA) is 32.3 Å². The zero-order chi connectivity index (χ0) is 13.7. The van der Waals surface area contributed by atoms with Gasteiger partial charge in [-0.2, -0.15) is 0 Å². The summed E-state index contributed by atoms with van der Waals surface area (Å²) in [6, 6.07) is 7.94. The first-order chi connectivity index (χ1) is 9.16. The SMILES string of the molecule is Cc1ccccc1CC(=O)NC(=S)N1CCCCC1. The number of piperidine rings is 1. The van der Waals surface area contributed by atoms with Crippen molar-refractivity contribution < 1.29 is 4.79 Å². The van der Waals surface area contributed by atoms with Crippen LogP contribution in [-0.4, -0.2) is 29.0 Å². The predicted octanol–water partition coefficient (Wildman–Crippen LogP) is 2.42. The lowest BCUT2D eigenvalue weighted by atomic mass is 10.1. The summed E-state index contributed by atoms with van der Waals surface area (Å²) in [5.74, 6) is -0.0233. The summed E-state index contributed by atoms with van der Waals surface area (Å²) in [6.07, 6.45) is 3.97. The first-order valence-corrected chi connectivity index (χ1v) is 7.21. The molecule has 1 N–H and O–H groups in total. The quantitative estimate of drug-likeness (QED) is 0.842. The Labute approximate surface area is 120 Å². The average Bonchev–Trinajstić information content (AvgIpc) is 2.42. The molecule has 0 unspecified atom stereocenters. The molecule has 3 nitrogen and oxygen atoms in total. The Balaban J connectivity index is 1.87. The van der Waals surface area contributed by atoms with Gasteiger partial charge in [-0.25, -0.2) is 0 Å². The highest BCUT2D eigenvalue weighted by Crippen LogP contribution is 2.10. The Morgan fingerprint density at radius 3 is 2.63 bits per heavy atom. The summed E-state index contributed by atoms with van der Waals surface area (Å²) in [6.45, 7) is 3.94. The number of carbonyl (C=O) groups is 1. The zero-order valence-electron chi connectivity index (χ0n) is 11.3. The molecule has 1 amide bonds. The first kappa shape index (κ1) is 14.0. The van der Waals surface area contributed by atoms with Crippen molar-refractivity contribution in [2.24, 2.45) is 0 Å². The molecule has 0 atom stereocenters. The van der Waals surface area contributed by atoms with Gasteiger partial charge in [0, 0.05) is 13.1 Å². The third-order valence-corrected chi connectivity index (χ3v) is 3.86. The van der Waals surface area contributed by atoms with E-state index in [0.29, 0.717) is 11.5 Å². The van der Waals surface area contributed by atoms with E-state index in [1.807, 2.05) is 31.2 Å². The number of aryl methyl sites for hydroxylation is 1. The number of nitrogens with zero attached hydrogens (tertiary/aromatic N) is 1. The molecule has 1 aromatic rings. The van der Waals surface area contributed by atoms with Crippen LogP contribution in [0.2, 0.25) is 0 Å². The zero-order valence-corrected chi connectivity index (χ0v) is 12.1. The Bertz CT molecular complexity index is 467. The van der Waals surface area contributed by atoms with Crippen LogP contribution in [0.1, 0.15) is 30.4 Å². The van der Waals surface area contributed by atoms with E-state index in [1.165, 1.54) is 6.42 Å². The van der Waals surface area contributed by atoms with E-state index in [1.54, 1.807) is 0 Å². The van der Waals surface area contributed by atoms with Crippen LogP contribution < -0.4 is 5.32 Å². The molecular formula is C15H20N2OS. The van der Waals surface area contributed by atoms with Crippen LogP contribution >= 0.6 is 12.2 Å². The third kappa shape index (κ3) is 4.03. The van der Waals surface area contributed by atoms with Crippen LogP contribution in [-0.2, 0) is 11.2 Å². The molecule has 102 valence electrons. The monoisotopic (exact) mass is 276 g/mol. The van der Waals surface area contributed by atoms with Crippen molar-refractivity contribution in [1.29, 1.82) is 0 Å². The van der Waals surface area contributed by atoms with Gasteiger partial charge in [-0.15, -0.1) is 0 Å². The van der Waals surface area contributed by atoms with Crippen LogP contribution in [0.25, 0.3) is 0 Å². The standard InChI is InChI=1S/C15H20N2OS/c1-12-7-3-4-8-13(12)11-14(18)16-15(19)17-9-5-2-6-10-17/h3-4,7-8H,2,5-6,9-11H2,1H3,(H,16,18,19). The molecule has 0 radical (unpaired) electrons. The predicted molar refractivity (Wildman–Crippen MR) is 81.0 cm³/mol. The van der Waals surface area contributed by atoms with Crippen molar-refractivity contribution >= 4 is 23.2 Å². The molecule has 2 rings (SSSR count). The van der Waals surface area contributed by atoms with Crippen LogP contribution in [0.4, 0.5) is 0 Å². The number of likely N-dealkylation sites (tertiary alicyclic amines) is 1. The second-order valence-corrected chi connectivity index (χ2v) is 5.39. The second kappa shape index (κ2) is 6.66. The maximum Gasteiger partial charge on any atom is 0.230 e. The maximum atomic E-state index is 12.0. The summed E-state index contributed by atoms with van der Waals surface area (Å²) >= 11 is 5.29. The van der Waals surface area contributed by atoms with Crippen molar-refractivity contribution in [3.05, 3.63) is 35.4 Å². The van der Waals surface area contributed by atoms with E-state index in [0.717, 1.165) is 37.1 Å². The number of amides is 1. The molecule has 0 aromatic heterocycles. The number of nitrogens with one attached hydrogen (secondary N) is 1. The molecule has 0 bridgehead atoms. The smallest absolute Gasteiger partial charge is 0.230 e. The van der Waals surface area contributed by atoms with Crippen LogP contribution in [0.15, 0.2) is 24.3 Å². The fourth-order valence-corrected chi connectivity index (χ4v) is 2.62. The van der Waals surface area contributed by atoms with Gasteiger partial charge in [-0.3, -0.25) is 4.79 Å². The molecule has 0 spiro atoms. The van der Waals surface area contributed by atoms with Crippen LogP contribution in [0.5, 0.6) is 0 Å². The molecule has 1 aromatic carbocycles. The van der Waals surface area contributed by atoms with E-state index in [9.17, 15) is 4.79 Å². The average molecular weight is 276 g/mol. The molecule has 4 heteroatoms. The van der Waals surface area contributed by atoms with Crippen LogP contribution in [0, 0.1) is 6.92 Å². The lowest BCUT2D eigenvalue weighted by Gasteiger charge is -2.28. The lowest BCUT2D eigenvalue weighted by Crippen LogP contribution is -2.45. The largest absolute Gasteiger partial charge is 0.349 e. The fraction of sp³-hybridized carbons (Fsp3) is 0.467. The molecule has 1 fully saturated rings. The molecule has 0 saturated carbocycles. The normalized spacial score (nSPS) is 15.1. The molecular weight excluding hydrogens is 256 g/mol. The highest BCUT2D eigenvalue weighted by Gasteiger charge is 2.15. The van der Waals surface area contributed by atoms with Crippen molar-refractivity contribution in [3.63, 3.8) is 0 Å². The Kier molecular flexibility index (Phi) is 4.91. The molecule has 1 heterocycles. The van der Waals surface area contributed by atoms with Crippen molar-refractivity contribution in [1.82, 2.24) is 10.2 Å². The molecule has 19 heavy (non-hydrogen) atoms. The van der Waals surface area contributed by atoms with Gasteiger partial charge in [-0.05, 0) is 49.5 Å². The summed E-state index contributed by atoms with van der Waals surface area (Å²) < 4.78 is 0. The van der Waals surface area contributed by atoms with Gasteiger partial charge < -0.3 is 10.2 Å². The molecule has 1 aliphatic heterocycles. The third-order valence-electron chi connectivity index (χ3n) is 3.50. The molecule has 0 aliphatic carbocycles. The van der Waals surface area contributed by atoms with Gasteiger partial charge in [0.15, 0.2) is 5.11 Å². The van der Waals surface area contributed by atoms with E-state index in [2.05, 4.69) is 10.2 Å². The van der Waals surface area contributed by atoms with Gasteiger partial charge in [0.1, 0.15) is 0 Å². The first-order valence-electron chi connectivity index (χ1n) is 6.80. The molecule has 1 saturated heterocycles. The fourth-order valence-electron chi connectivity index (χ4n) is 2.32. The summed E-state index contributed by atoms with van der Waals surface area (Å²) in [5.41, 5.74) is 2.20. The Morgan fingerprint density at radius 1 is 1.26 bits per heavy atom. The maximum absolute atomic E-state index is 12.0. The number of thiocarbonyl (C=S) groups is 1. The lowest BCUT2D eigenvalue weighted by molar-refractivity contribution is -0.119. The van der Waals surface area contributed by atoms with Gasteiger partial charge in [0.2, 0.25) is 5.91 Å².